The smallest absolute Gasteiger partial charge is 0.242 e. The van der Waals surface area contributed by atoms with Crippen LogP contribution in [-0.4, -0.2) is 27.0 Å². The molecule has 0 bridgehead atoms. The highest BCUT2D eigenvalue weighted by Gasteiger charge is 2.28. The summed E-state index contributed by atoms with van der Waals surface area (Å²) in [5, 5.41) is 3.12. The summed E-state index contributed by atoms with van der Waals surface area (Å²) in [6.45, 7) is 4.33. The van der Waals surface area contributed by atoms with Crippen LogP contribution in [0.25, 0.3) is 0 Å². The van der Waals surface area contributed by atoms with Gasteiger partial charge in [-0.2, -0.15) is 0 Å². The molecule has 0 amide bonds. The largest absolute Gasteiger partial charge is 0.313 e. The maximum absolute atomic E-state index is 13.4. The van der Waals surface area contributed by atoms with Crippen molar-refractivity contribution in [3.05, 3.63) is 28.5 Å². The fraction of sp³-hybridized carbons (Fsp3) is 0.538. The molecule has 1 heterocycles. The zero-order chi connectivity index (χ0) is 14.9. The summed E-state index contributed by atoms with van der Waals surface area (Å²) >= 11 is 5.87. The normalized spacial score (nSPS) is 23.8. The van der Waals surface area contributed by atoms with Crippen molar-refractivity contribution in [2.24, 2.45) is 0 Å². The van der Waals surface area contributed by atoms with E-state index in [2.05, 4.69) is 10.0 Å². The van der Waals surface area contributed by atoms with Crippen molar-refractivity contribution in [1.82, 2.24) is 10.0 Å². The van der Waals surface area contributed by atoms with Crippen molar-refractivity contribution in [3.8, 4) is 0 Å². The van der Waals surface area contributed by atoms with E-state index in [9.17, 15) is 12.8 Å². The van der Waals surface area contributed by atoms with Crippen LogP contribution in [0.4, 0.5) is 4.39 Å². The average molecular weight is 321 g/mol. The van der Waals surface area contributed by atoms with Gasteiger partial charge in [0.05, 0.1) is 5.02 Å². The number of rotatable bonds is 3. The Hall–Kier alpha value is -0.690. The average Bonchev–Trinajstić information content (AvgIpc) is 2.36. The van der Waals surface area contributed by atoms with E-state index in [1.807, 2.05) is 6.92 Å². The fourth-order valence-corrected chi connectivity index (χ4v) is 4.25. The number of halogens is 2. The van der Waals surface area contributed by atoms with E-state index in [0.717, 1.165) is 25.5 Å². The first kappa shape index (κ1) is 15.7. The molecule has 1 saturated heterocycles. The number of aryl methyl sites for hydroxylation is 1. The van der Waals surface area contributed by atoms with E-state index in [4.69, 9.17) is 11.6 Å². The second-order valence-electron chi connectivity index (χ2n) is 5.14. The highest BCUT2D eigenvalue weighted by molar-refractivity contribution is 7.89. The molecule has 20 heavy (non-hydrogen) atoms. The van der Waals surface area contributed by atoms with E-state index in [1.54, 1.807) is 0 Å². The van der Waals surface area contributed by atoms with Gasteiger partial charge >= 0.3 is 0 Å². The molecule has 1 aliphatic rings. The van der Waals surface area contributed by atoms with Gasteiger partial charge in [-0.25, -0.2) is 17.5 Å². The Morgan fingerprint density at radius 1 is 1.45 bits per heavy atom. The van der Waals surface area contributed by atoms with Crippen LogP contribution in [0, 0.1) is 12.7 Å². The van der Waals surface area contributed by atoms with Crippen molar-refractivity contribution in [2.75, 3.05) is 6.54 Å². The van der Waals surface area contributed by atoms with Gasteiger partial charge in [0.25, 0.3) is 0 Å². The van der Waals surface area contributed by atoms with Gasteiger partial charge in [0.15, 0.2) is 0 Å². The van der Waals surface area contributed by atoms with Gasteiger partial charge in [-0.15, -0.1) is 0 Å². The molecular formula is C13H18ClFN2O2S. The number of hydrogen-bond acceptors (Lipinski definition) is 3. The molecule has 112 valence electrons. The molecular weight excluding hydrogens is 303 g/mol. The lowest BCUT2D eigenvalue weighted by molar-refractivity contribution is 0.349. The van der Waals surface area contributed by atoms with E-state index < -0.39 is 15.8 Å². The van der Waals surface area contributed by atoms with Crippen LogP contribution in [-0.2, 0) is 10.0 Å². The summed E-state index contributed by atoms with van der Waals surface area (Å²) in [6.07, 6.45) is 1.68. The third-order valence-corrected chi connectivity index (χ3v) is 5.53. The topological polar surface area (TPSA) is 58.2 Å². The lowest BCUT2D eigenvalue weighted by Gasteiger charge is -2.30. The number of nitrogens with one attached hydrogen (secondary N) is 2. The van der Waals surface area contributed by atoms with Gasteiger partial charge in [0.1, 0.15) is 10.7 Å². The lowest BCUT2D eigenvalue weighted by atomic mass is 10.0. The fourth-order valence-electron chi connectivity index (χ4n) is 2.30. The number of sulfonamides is 1. The SMILES string of the molecule is Cc1cc(S(=O)(=O)NC2CCCNC2C)c(Cl)cc1F. The second-order valence-corrected chi connectivity index (χ2v) is 7.23. The van der Waals surface area contributed by atoms with Gasteiger partial charge in [0, 0.05) is 12.1 Å². The molecule has 1 fully saturated rings. The predicted molar refractivity (Wildman–Crippen MR) is 77.0 cm³/mol. The summed E-state index contributed by atoms with van der Waals surface area (Å²) in [5.74, 6) is -0.512. The first-order chi connectivity index (χ1) is 9.31. The van der Waals surface area contributed by atoms with Gasteiger partial charge in [-0.3, -0.25) is 0 Å². The zero-order valence-corrected chi connectivity index (χ0v) is 13.0. The van der Waals surface area contributed by atoms with Crippen molar-refractivity contribution in [3.63, 3.8) is 0 Å². The molecule has 2 rings (SSSR count). The summed E-state index contributed by atoms with van der Waals surface area (Å²) in [6, 6.07) is 2.17. The Morgan fingerprint density at radius 3 is 2.80 bits per heavy atom. The third kappa shape index (κ3) is 3.31. The van der Waals surface area contributed by atoms with Gasteiger partial charge in [-0.05, 0) is 50.9 Å². The third-order valence-electron chi connectivity index (χ3n) is 3.57. The van der Waals surface area contributed by atoms with E-state index in [1.165, 1.54) is 13.0 Å². The van der Waals surface area contributed by atoms with Crippen molar-refractivity contribution >= 4 is 21.6 Å². The van der Waals surface area contributed by atoms with E-state index in [0.29, 0.717) is 0 Å². The predicted octanol–water partition coefficient (Wildman–Crippen LogP) is 2.21. The van der Waals surface area contributed by atoms with Crippen LogP contribution in [0.2, 0.25) is 5.02 Å². The Kier molecular flexibility index (Phi) is 4.69. The second kappa shape index (κ2) is 5.97. The first-order valence-electron chi connectivity index (χ1n) is 6.52. The molecule has 1 aliphatic heterocycles. The summed E-state index contributed by atoms with van der Waals surface area (Å²) in [4.78, 5) is -0.0733. The van der Waals surface area contributed by atoms with Gasteiger partial charge in [0.2, 0.25) is 10.0 Å². The van der Waals surface area contributed by atoms with Crippen LogP contribution in [0.5, 0.6) is 0 Å². The summed E-state index contributed by atoms with van der Waals surface area (Å²) in [5.41, 5.74) is 0.254. The maximum atomic E-state index is 13.4. The van der Waals surface area contributed by atoms with Crippen molar-refractivity contribution in [2.45, 2.75) is 43.7 Å². The minimum Gasteiger partial charge on any atom is -0.313 e. The van der Waals surface area contributed by atoms with Crippen LogP contribution < -0.4 is 10.0 Å². The zero-order valence-electron chi connectivity index (χ0n) is 11.4. The monoisotopic (exact) mass is 320 g/mol. The quantitative estimate of drug-likeness (QED) is 0.897. The van der Waals surface area contributed by atoms with Crippen LogP contribution in [0.3, 0.4) is 0 Å². The van der Waals surface area contributed by atoms with Crippen molar-refractivity contribution in [1.29, 1.82) is 0 Å². The summed E-state index contributed by atoms with van der Waals surface area (Å²) in [7, 11) is -3.75. The van der Waals surface area contributed by atoms with E-state index >= 15 is 0 Å². The molecule has 0 aromatic heterocycles. The van der Waals surface area contributed by atoms with Crippen LogP contribution in [0.15, 0.2) is 17.0 Å². The number of piperidine rings is 1. The first-order valence-corrected chi connectivity index (χ1v) is 8.39. The Balaban J connectivity index is 2.28. The Morgan fingerprint density at radius 2 is 2.15 bits per heavy atom. The Bertz CT molecular complexity index is 607. The molecule has 0 saturated carbocycles. The number of benzene rings is 1. The summed E-state index contributed by atoms with van der Waals surface area (Å²) < 4.78 is 40.8. The lowest BCUT2D eigenvalue weighted by Crippen LogP contribution is -2.51. The molecule has 0 aliphatic carbocycles. The van der Waals surface area contributed by atoms with Crippen molar-refractivity contribution < 1.29 is 12.8 Å². The molecule has 2 N–H and O–H groups in total. The maximum Gasteiger partial charge on any atom is 0.242 e. The van der Waals surface area contributed by atoms with E-state index in [-0.39, 0.29) is 27.6 Å². The molecule has 1 aromatic carbocycles. The van der Waals surface area contributed by atoms with Crippen LogP contribution >= 0.6 is 11.6 Å². The molecule has 0 spiro atoms. The molecule has 2 atom stereocenters. The van der Waals surface area contributed by atoms with Crippen LogP contribution in [0.1, 0.15) is 25.3 Å². The molecule has 7 heteroatoms. The molecule has 1 aromatic rings. The highest BCUT2D eigenvalue weighted by Crippen LogP contribution is 2.25. The molecule has 4 nitrogen and oxygen atoms in total. The Labute approximate surface area is 123 Å². The molecule has 0 radical (unpaired) electrons. The van der Waals surface area contributed by atoms with Gasteiger partial charge < -0.3 is 5.32 Å². The highest BCUT2D eigenvalue weighted by atomic mass is 35.5. The standard InChI is InChI=1S/C13H18ClFN2O2S/c1-8-6-13(10(14)7-11(8)15)20(18,19)17-12-4-3-5-16-9(12)2/h6-7,9,12,16-17H,3-5H2,1-2H3. The minimum absolute atomic E-state index is 0.0545. The van der Waals surface area contributed by atoms with Gasteiger partial charge in [-0.1, -0.05) is 11.6 Å². The molecule has 2 unspecified atom stereocenters. The number of hydrogen-bond donors (Lipinski definition) is 2. The minimum atomic E-state index is -3.75.